The maximum Gasteiger partial charge on any atom is 0.318 e. The van der Waals surface area contributed by atoms with Gasteiger partial charge in [-0.1, -0.05) is 24.3 Å². The lowest BCUT2D eigenvalue weighted by atomic mass is 9.70. The highest BCUT2D eigenvalue weighted by atomic mass is 16.4. The first-order valence-electron chi connectivity index (χ1n) is 10.8. The molecule has 3 aliphatic rings. The molecule has 1 aliphatic carbocycles. The van der Waals surface area contributed by atoms with Crippen LogP contribution in [0.1, 0.15) is 55.7 Å². The van der Waals surface area contributed by atoms with Crippen molar-refractivity contribution < 1.29 is 19.5 Å². The standard InChI is InChI=1S/C22H30N4O4/c23-20(29)22(9-11-24-12-10-22)17-4-2-1-3-16(17)18-13-25-21(30)26(18)15-7-5-14(6-8-15)19(27)28/h1-4,14-15,18,24H,5-13H2,(H2,23,29)(H,25,30)(H,27,28)/t14-,15-,18?. The molecule has 1 aromatic carbocycles. The molecule has 0 aromatic heterocycles. The number of rotatable bonds is 5. The van der Waals surface area contributed by atoms with Gasteiger partial charge in [0.25, 0.3) is 0 Å². The van der Waals surface area contributed by atoms with Gasteiger partial charge >= 0.3 is 12.0 Å². The maximum atomic E-state index is 12.8. The molecule has 0 radical (unpaired) electrons. The van der Waals surface area contributed by atoms with Crippen LogP contribution in [-0.4, -0.2) is 53.6 Å². The minimum atomic E-state index is -0.754. The number of urea groups is 1. The van der Waals surface area contributed by atoms with Crippen LogP contribution >= 0.6 is 0 Å². The van der Waals surface area contributed by atoms with Crippen LogP contribution in [0.3, 0.4) is 0 Å². The number of carboxylic acids is 1. The summed E-state index contributed by atoms with van der Waals surface area (Å²) in [5.41, 5.74) is 7.09. The predicted octanol–water partition coefficient (Wildman–Crippen LogP) is 1.50. The zero-order chi connectivity index (χ0) is 21.3. The number of hydrogen-bond donors (Lipinski definition) is 4. The van der Waals surface area contributed by atoms with Crippen LogP contribution < -0.4 is 16.4 Å². The molecule has 5 N–H and O–H groups in total. The van der Waals surface area contributed by atoms with E-state index in [2.05, 4.69) is 10.6 Å². The van der Waals surface area contributed by atoms with Gasteiger partial charge in [0.05, 0.1) is 17.4 Å². The molecule has 1 saturated carbocycles. The molecule has 0 spiro atoms. The Kier molecular flexibility index (Phi) is 5.69. The van der Waals surface area contributed by atoms with Crippen LogP contribution in [-0.2, 0) is 15.0 Å². The number of benzene rings is 1. The Labute approximate surface area is 176 Å². The predicted molar refractivity (Wildman–Crippen MR) is 111 cm³/mol. The number of primary amides is 1. The van der Waals surface area contributed by atoms with Crippen molar-refractivity contribution in [1.82, 2.24) is 15.5 Å². The van der Waals surface area contributed by atoms with Crippen molar-refractivity contribution >= 4 is 17.9 Å². The van der Waals surface area contributed by atoms with Crippen molar-refractivity contribution in [2.24, 2.45) is 11.7 Å². The average Bonchev–Trinajstić information content (AvgIpc) is 3.15. The Morgan fingerprint density at radius 3 is 2.40 bits per heavy atom. The lowest BCUT2D eigenvalue weighted by Gasteiger charge is -2.40. The minimum absolute atomic E-state index is 0.00120. The number of carbonyl (C=O) groups is 3. The Balaban J connectivity index is 1.66. The zero-order valence-electron chi connectivity index (χ0n) is 17.1. The highest BCUT2D eigenvalue weighted by Gasteiger charge is 2.45. The number of carbonyl (C=O) groups excluding carboxylic acids is 2. The fraction of sp³-hybridized carbons (Fsp3) is 0.591. The number of nitrogens with zero attached hydrogens (tertiary/aromatic N) is 1. The largest absolute Gasteiger partial charge is 0.481 e. The van der Waals surface area contributed by atoms with E-state index in [4.69, 9.17) is 5.73 Å². The van der Waals surface area contributed by atoms with Crippen LogP contribution in [0, 0.1) is 5.92 Å². The lowest BCUT2D eigenvalue weighted by Crippen LogP contribution is -2.50. The molecule has 2 heterocycles. The summed E-state index contributed by atoms with van der Waals surface area (Å²) >= 11 is 0. The smallest absolute Gasteiger partial charge is 0.318 e. The van der Waals surface area contributed by atoms with Crippen molar-refractivity contribution in [3.63, 3.8) is 0 Å². The lowest BCUT2D eigenvalue weighted by molar-refractivity contribution is -0.143. The normalized spacial score (nSPS) is 28.7. The van der Waals surface area contributed by atoms with Crippen LogP contribution in [0.5, 0.6) is 0 Å². The molecule has 1 aromatic rings. The van der Waals surface area contributed by atoms with Gasteiger partial charge in [0.1, 0.15) is 0 Å². The average molecular weight is 415 g/mol. The van der Waals surface area contributed by atoms with E-state index in [1.165, 1.54) is 0 Å². The fourth-order valence-electron chi connectivity index (χ4n) is 5.52. The van der Waals surface area contributed by atoms with Gasteiger partial charge in [-0.05, 0) is 62.7 Å². The van der Waals surface area contributed by atoms with E-state index in [1.807, 2.05) is 29.2 Å². The molecule has 8 nitrogen and oxygen atoms in total. The summed E-state index contributed by atoms with van der Waals surface area (Å²) in [6.45, 7) is 1.92. The Bertz CT molecular complexity index is 828. The number of amides is 3. The van der Waals surface area contributed by atoms with Crippen LogP contribution in [0.15, 0.2) is 24.3 Å². The van der Waals surface area contributed by atoms with Gasteiger partial charge in [-0.25, -0.2) is 4.79 Å². The second kappa shape index (κ2) is 8.26. The van der Waals surface area contributed by atoms with E-state index in [-0.39, 0.29) is 29.9 Å². The molecule has 3 amide bonds. The van der Waals surface area contributed by atoms with Gasteiger partial charge in [0.2, 0.25) is 5.91 Å². The number of carboxylic acid groups (broad SMARTS) is 1. The second-order valence-corrected chi connectivity index (χ2v) is 8.74. The summed E-state index contributed by atoms with van der Waals surface area (Å²) in [5.74, 6) is -1.40. The Hall–Kier alpha value is -2.61. The monoisotopic (exact) mass is 414 g/mol. The summed E-state index contributed by atoms with van der Waals surface area (Å²) in [7, 11) is 0. The quantitative estimate of drug-likeness (QED) is 0.581. The highest BCUT2D eigenvalue weighted by molar-refractivity contribution is 5.87. The first kappa shape index (κ1) is 20.7. The van der Waals surface area contributed by atoms with E-state index in [1.54, 1.807) is 0 Å². The van der Waals surface area contributed by atoms with Crippen molar-refractivity contribution in [2.45, 2.75) is 56.0 Å². The minimum Gasteiger partial charge on any atom is -0.481 e. The third-order valence-corrected chi connectivity index (χ3v) is 7.22. The van der Waals surface area contributed by atoms with Crippen molar-refractivity contribution in [3.05, 3.63) is 35.4 Å². The molecule has 2 saturated heterocycles. The molecular formula is C22H30N4O4. The molecule has 1 unspecified atom stereocenters. The van der Waals surface area contributed by atoms with Crippen molar-refractivity contribution in [1.29, 1.82) is 0 Å². The summed E-state index contributed by atoms with van der Waals surface area (Å²) in [4.78, 5) is 38.6. The number of nitrogens with one attached hydrogen (secondary N) is 2. The van der Waals surface area contributed by atoms with Crippen LogP contribution in [0.25, 0.3) is 0 Å². The van der Waals surface area contributed by atoms with E-state index >= 15 is 0 Å². The molecule has 8 heteroatoms. The molecule has 30 heavy (non-hydrogen) atoms. The zero-order valence-corrected chi connectivity index (χ0v) is 17.1. The van der Waals surface area contributed by atoms with E-state index in [0.29, 0.717) is 45.1 Å². The number of hydrogen-bond acceptors (Lipinski definition) is 4. The Morgan fingerprint density at radius 2 is 1.77 bits per heavy atom. The van der Waals surface area contributed by atoms with Gasteiger partial charge in [-0.2, -0.15) is 0 Å². The molecule has 1 atom stereocenters. The topological polar surface area (TPSA) is 125 Å². The first-order chi connectivity index (χ1) is 14.4. The fourth-order valence-corrected chi connectivity index (χ4v) is 5.52. The highest BCUT2D eigenvalue weighted by Crippen LogP contribution is 2.41. The van der Waals surface area contributed by atoms with Crippen LogP contribution in [0.2, 0.25) is 0 Å². The molecule has 2 aliphatic heterocycles. The third kappa shape index (κ3) is 3.53. The van der Waals surface area contributed by atoms with Gasteiger partial charge in [0, 0.05) is 12.6 Å². The van der Waals surface area contributed by atoms with Gasteiger partial charge < -0.3 is 26.4 Å². The number of nitrogens with two attached hydrogens (primary N) is 1. The molecule has 4 rings (SSSR count). The maximum absolute atomic E-state index is 12.8. The second-order valence-electron chi connectivity index (χ2n) is 8.74. The summed E-state index contributed by atoms with van der Waals surface area (Å²) in [5, 5.41) is 15.6. The molecule has 3 fully saturated rings. The molecular weight excluding hydrogens is 384 g/mol. The SMILES string of the molecule is NC(=O)C1(c2ccccc2C2CNC(=O)N2[C@H]2CC[C@H](C(=O)O)CC2)CCNCC1. The van der Waals surface area contributed by atoms with Crippen LogP contribution in [0.4, 0.5) is 4.79 Å². The van der Waals surface area contributed by atoms with Crippen molar-refractivity contribution in [2.75, 3.05) is 19.6 Å². The Morgan fingerprint density at radius 1 is 1.10 bits per heavy atom. The van der Waals surface area contributed by atoms with E-state index in [0.717, 1.165) is 24.2 Å². The number of piperidine rings is 1. The third-order valence-electron chi connectivity index (χ3n) is 7.22. The summed E-state index contributed by atoms with van der Waals surface area (Å²) in [6.07, 6.45) is 3.78. The van der Waals surface area contributed by atoms with Gasteiger partial charge in [0.15, 0.2) is 0 Å². The summed E-state index contributed by atoms with van der Waals surface area (Å²) < 4.78 is 0. The summed E-state index contributed by atoms with van der Waals surface area (Å²) in [6, 6.07) is 7.54. The van der Waals surface area contributed by atoms with Gasteiger partial charge in [-0.15, -0.1) is 0 Å². The number of aliphatic carboxylic acids is 1. The van der Waals surface area contributed by atoms with E-state index in [9.17, 15) is 19.5 Å². The molecule has 162 valence electrons. The van der Waals surface area contributed by atoms with E-state index < -0.39 is 11.4 Å². The first-order valence-corrected chi connectivity index (χ1v) is 10.8. The van der Waals surface area contributed by atoms with Crippen molar-refractivity contribution in [3.8, 4) is 0 Å². The van der Waals surface area contributed by atoms with Gasteiger partial charge in [-0.3, -0.25) is 9.59 Å². The molecule has 0 bridgehead atoms.